The highest BCUT2D eigenvalue weighted by Gasteiger charge is 2.18. The predicted molar refractivity (Wildman–Crippen MR) is 80.7 cm³/mol. The highest BCUT2D eigenvalue weighted by molar-refractivity contribution is 9.09. The van der Waals surface area contributed by atoms with Crippen molar-refractivity contribution in [2.75, 3.05) is 11.9 Å². The van der Waals surface area contributed by atoms with Crippen molar-refractivity contribution >= 4 is 33.4 Å². The summed E-state index contributed by atoms with van der Waals surface area (Å²) >= 11 is 9.37. The molecule has 1 aromatic carbocycles. The second-order valence-electron chi connectivity index (χ2n) is 5.25. The maximum absolute atomic E-state index is 12.0. The van der Waals surface area contributed by atoms with Gasteiger partial charge < -0.3 is 5.32 Å². The van der Waals surface area contributed by atoms with Gasteiger partial charge in [0.15, 0.2) is 0 Å². The smallest absolute Gasteiger partial charge is 0.251 e. The van der Waals surface area contributed by atoms with Gasteiger partial charge in [0.1, 0.15) is 0 Å². The van der Waals surface area contributed by atoms with Gasteiger partial charge in [0.05, 0.1) is 0 Å². The first-order chi connectivity index (χ1) is 8.35. The third-order valence-electron chi connectivity index (χ3n) is 2.92. The monoisotopic (exact) mass is 331 g/mol. The van der Waals surface area contributed by atoms with E-state index < -0.39 is 0 Å². The zero-order valence-corrected chi connectivity index (χ0v) is 13.4. The van der Waals surface area contributed by atoms with Gasteiger partial charge in [0.2, 0.25) is 0 Å². The lowest BCUT2D eigenvalue weighted by Crippen LogP contribution is -2.34. The summed E-state index contributed by atoms with van der Waals surface area (Å²) in [4.78, 5) is 12.0. The van der Waals surface area contributed by atoms with Crippen LogP contribution in [0.1, 0.15) is 36.2 Å². The third-order valence-corrected chi connectivity index (χ3v) is 3.74. The Balaban J connectivity index is 2.63. The molecule has 0 aliphatic heterocycles. The summed E-state index contributed by atoms with van der Waals surface area (Å²) in [5.41, 5.74) is 1.68. The second-order valence-corrected chi connectivity index (χ2v) is 6.45. The van der Waals surface area contributed by atoms with Gasteiger partial charge in [0.25, 0.3) is 5.91 Å². The van der Waals surface area contributed by atoms with Crippen LogP contribution in [0.25, 0.3) is 0 Å². The Kier molecular flexibility index (Phi) is 5.67. The lowest BCUT2D eigenvalue weighted by molar-refractivity contribution is 0.0936. The van der Waals surface area contributed by atoms with Crippen LogP contribution in [0.5, 0.6) is 0 Å². The number of aryl methyl sites for hydroxylation is 1. The van der Waals surface area contributed by atoms with Crippen molar-refractivity contribution in [2.24, 2.45) is 5.41 Å². The molecule has 2 nitrogen and oxygen atoms in total. The standard InChI is InChI=1S/C14H19BrClNO/c1-10-8-11(4-5-12(10)16)13(18)17-9-14(2,3)6-7-15/h4-5,8H,6-7,9H2,1-3H3,(H,17,18). The summed E-state index contributed by atoms with van der Waals surface area (Å²) in [5, 5.41) is 4.59. The average Bonchev–Trinajstić information content (AvgIpc) is 2.30. The van der Waals surface area contributed by atoms with Gasteiger partial charge in [-0.25, -0.2) is 0 Å². The molecule has 1 N–H and O–H groups in total. The molecule has 0 saturated heterocycles. The van der Waals surface area contributed by atoms with Crippen molar-refractivity contribution in [3.05, 3.63) is 34.3 Å². The number of carbonyl (C=O) groups is 1. The number of hydrogen-bond donors (Lipinski definition) is 1. The first-order valence-corrected chi connectivity index (χ1v) is 7.46. The van der Waals surface area contributed by atoms with Crippen LogP contribution in [0.3, 0.4) is 0 Å². The van der Waals surface area contributed by atoms with E-state index in [9.17, 15) is 4.79 Å². The maximum atomic E-state index is 12.0. The molecule has 0 saturated carbocycles. The number of benzene rings is 1. The molecule has 0 bridgehead atoms. The molecular formula is C14H19BrClNO. The summed E-state index contributed by atoms with van der Waals surface area (Å²) in [6.45, 7) is 6.84. The molecule has 0 aromatic heterocycles. The number of amides is 1. The van der Waals surface area contributed by atoms with Gasteiger partial charge in [-0.1, -0.05) is 41.4 Å². The summed E-state index contributed by atoms with van der Waals surface area (Å²) in [5.74, 6) is -0.0441. The van der Waals surface area contributed by atoms with Crippen LogP contribution in [0.2, 0.25) is 5.02 Å². The molecule has 0 unspecified atom stereocenters. The fourth-order valence-corrected chi connectivity index (χ4v) is 2.74. The van der Waals surface area contributed by atoms with E-state index >= 15 is 0 Å². The molecule has 1 aromatic rings. The first kappa shape index (κ1) is 15.5. The van der Waals surface area contributed by atoms with Crippen molar-refractivity contribution in [3.63, 3.8) is 0 Å². The number of halogens is 2. The van der Waals surface area contributed by atoms with Gasteiger partial charge in [-0.05, 0) is 42.5 Å². The SMILES string of the molecule is Cc1cc(C(=O)NCC(C)(C)CCBr)ccc1Cl. The molecule has 0 aliphatic carbocycles. The summed E-state index contributed by atoms with van der Waals surface area (Å²) in [7, 11) is 0. The van der Waals surface area contributed by atoms with Crippen molar-refractivity contribution in [2.45, 2.75) is 27.2 Å². The van der Waals surface area contributed by atoms with Crippen LogP contribution < -0.4 is 5.32 Å². The highest BCUT2D eigenvalue weighted by Crippen LogP contribution is 2.20. The third kappa shape index (κ3) is 4.62. The molecule has 1 amide bonds. The number of nitrogens with one attached hydrogen (secondary N) is 1. The van der Waals surface area contributed by atoms with E-state index in [1.165, 1.54) is 0 Å². The molecule has 18 heavy (non-hydrogen) atoms. The normalized spacial score (nSPS) is 11.4. The van der Waals surface area contributed by atoms with E-state index in [2.05, 4.69) is 35.1 Å². The predicted octanol–water partition coefficient (Wildman–Crippen LogP) is 4.19. The molecule has 0 heterocycles. The van der Waals surface area contributed by atoms with Crippen LogP contribution in [-0.4, -0.2) is 17.8 Å². The average molecular weight is 333 g/mol. The zero-order chi connectivity index (χ0) is 13.8. The molecule has 0 spiro atoms. The van der Waals surface area contributed by atoms with E-state index in [0.717, 1.165) is 17.3 Å². The van der Waals surface area contributed by atoms with Crippen LogP contribution in [0, 0.1) is 12.3 Å². The van der Waals surface area contributed by atoms with Crippen LogP contribution >= 0.6 is 27.5 Å². The van der Waals surface area contributed by atoms with Crippen LogP contribution in [0.15, 0.2) is 18.2 Å². The van der Waals surface area contributed by atoms with E-state index in [4.69, 9.17) is 11.6 Å². The summed E-state index contributed by atoms with van der Waals surface area (Å²) in [6.07, 6.45) is 1.02. The number of rotatable bonds is 5. The molecule has 0 fully saturated rings. The minimum absolute atomic E-state index is 0.0441. The van der Waals surface area contributed by atoms with E-state index in [1.807, 2.05) is 13.0 Å². The van der Waals surface area contributed by atoms with Gasteiger partial charge in [0, 0.05) is 22.5 Å². The Morgan fingerprint density at radius 1 is 1.44 bits per heavy atom. The van der Waals surface area contributed by atoms with Gasteiger partial charge >= 0.3 is 0 Å². The van der Waals surface area contributed by atoms with Crippen molar-refractivity contribution in [1.82, 2.24) is 5.32 Å². The van der Waals surface area contributed by atoms with Gasteiger partial charge in [-0.15, -0.1) is 0 Å². The highest BCUT2D eigenvalue weighted by atomic mass is 79.9. The maximum Gasteiger partial charge on any atom is 0.251 e. The number of hydrogen-bond acceptors (Lipinski definition) is 1. The quantitative estimate of drug-likeness (QED) is 0.805. The number of carbonyl (C=O) groups excluding carboxylic acids is 1. The van der Waals surface area contributed by atoms with Crippen molar-refractivity contribution in [3.8, 4) is 0 Å². The fraction of sp³-hybridized carbons (Fsp3) is 0.500. The minimum atomic E-state index is -0.0441. The zero-order valence-electron chi connectivity index (χ0n) is 11.0. The first-order valence-electron chi connectivity index (χ1n) is 5.96. The molecule has 4 heteroatoms. The lowest BCUT2D eigenvalue weighted by atomic mass is 9.90. The summed E-state index contributed by atoms with van der Waals surface area (Å²) in [6, 6.07) is 5.33. The van der Waals surface area contributed by atoms with E-state index in [0.29, 0.717) is 17.1 Å². The Hall–Kier alpha value is -0.540. The Bertz CT molecular complexity index is 432. The molecule has 100 valence electrons. The van der Waals surface area contributed by atoms with E-state index in [-0.39, 0.29) is 11.3 Å². The molecule has 0 aliphatic rings. The second kappa shape index (κ2) is 6.58. The van der Waals surface area contributed by atoms with Gasteiger partial charge in [-0.2, -0.15) is 0 Å². The number of alkyl halides is 1. The van der Waals surface area contributed by atoms with Crippen molar-refractivity contribution in [1.29, 1.82) is 0 Å². The van der Waals surface area contributed by atoms with Crippen LogP contribution in [0.4, 0.5) is 0 Å². The molecule has 0 atom stereocenters. The Labute approximate surface area is 122 Å². The topological polar surface area (TPSA) is 29.1 Å². The summed E-state index contributed by atoms with van der Waals surface area (Å²) < 4.78 is 0. The van der Waals surface area contributed by atoms with Crippen molar-refractivity contribution < 1.29 is 4.79 Å². The Morgan fingerprint density at radius 2 is 2.11 bits per heavy atom. The molecular weight excluding hydrogens is 314 g/mol. The fourth-order valence-electron chi connectivity index (χ4n) is 1.55. The van der Waals surface area contributed by atoms with Crippen LogP contribution in [-0.2, 0) is 0 Å². The van der Waals surface area contributed by atoms with Gasteiger partial charge in [-0.3, -0.25) is 4.79 Å². The molecule has 1 rings (SSSR count). The lowest BCUT2D eigenvalue weighted by Gasteiger charge is -2.23. The minimum Gasteiger partial charge on any atom is -0.352 e. The van der Waals surface area contributed by atoms with E-state index in [1.54, 1.807) is 12.1 Å². The molecule has 0 radical (unpaired) electrons. The largest absolute Gasteiger partial charge is 0.352 e. The Morgan fingerprint density at radius 3 is 2.67 bits per heavy atom.